The lowest BCUT2D eigenvalue weighted by molar-refractivity contribution is -0.113. The van der Waals surface area contributed by atoms with Gasteiger partial charge < -0.3 is 10.1 Å². The third kappa shape index (κ3) is 5.89. The smallest absolute Gasteiger partial charge is 0.234 e. The molecule has 0 aliphatic carbocycles. The normalized spacial score (nSPS) is 10.7. The summed E-state index contributed by atoms with van der Waals surface area (Å²) in [6, 6.07) is 12.8. The first kappa shape index (κ1) is 20.5. The molecule has 0 radical (unpaired) electrons. The number of halogens is 2. The topological polar surface area (TPSA) is 79.9 Å². The third-order valence-corrected chi connectivity index (χ3v) is 5.17. The molecule has 0 saturated carbocycles. The van der Waals surface area contributed by atoms with Gasteiger partial charge in [0.1, 0.15) is 12.4 Å². The van der Waals surface area contributed by atoms with E-state index in [2.05, 4.69) is 27.4 Å². The largest absolute Gasteiger partial charge is 0.486 e. The molecule has 1 heterocycles. The number of aromatic amines is 1. The van der Waals surface area contributed by atoms with E-state index >= 15 is 0 Å². The number of ether oxygens (including phenoxy) is 1. The minimum absolute atomic E-state index is 0.138. The molecule has 146 valence electrons. The standard InChI is InChI=1S/C19H18Cl2N4O2S/c1-2-12-3-6-14(7-4-12)27-10-17-23-19(25-24-17)28-11-18(26)22-16-9-13(20)5-8-15(16)21/h3-9H,2,10-11H2,1H3,(H,22,26)(H,23,24,25). The molecule has 0 spiro atoms. The molecule has 2 N–H and O–H groups in total. The molecule has 0 aliphatic rings. The number of aryl methyl sites for hydroxylation is 1. The fourth-order valence-electron chi connectivity index (χ4n) is 2.29. The average molecular weight is 437 g/mol. The number of amides is 1. The van der Waals surface area contributed by atoms with Crippen molar-refractivity contribution in [1.29, 1.82) is 0 Å². The quantitative estimate of drug-likeness (QED) is 0.486. The molecule has 3 aromatic rings. The first-order valence-corrected chi connectivity index (χ1v) is 10.3. The Hall–Kier alpha value is -2.22. The molecule has 1 amide bonds. The molecular weight excluding hydrogens is 419 g/mol. The number of carbonyl (C=O) groups excluding carboxylic acids is 1. The van der Waals surface area contributed by atoms with Crippen LogP contribution >= 0.6 is 35.0 Å². The van der Waals surface area contributed by atoms with Gasteiger partial charge in [-0.05, 0) is 42.3 Å². The third-order valence-electron chi connectivity index (χ3n) is 3.75. The van der Waals surface area contributed by atoms with Crippen LogP contribution < -0.4 is 10.1 Å². The van der Waals surface area contributed by atoms with Gasteiger partial charge in [-0.3, -0.25) is 9.89 Å². The number of H-pyrrole nitrogens is 1. The lowest BCUT2D eigenvalue weighted by atomic mass is 10.2. The van der Waals surface area contributed by atoms with Crippen molar-refractivity contribution in [3.8, 4) is 5.75 Å². The van der Waals surface area contributed by atoms with E-state index in [0.29, 0.717) is 26.7 Å². The van der Waals surface area contributed by atoms with Gasteiger partial charge in [0.05, 0.1) is 16.5 Å². The highest BCUT2D eigenvalue weighted by molar-refractivity contribution is 7.99. The summed E-state index contributed by atoms with van der Waals surface area (Å²) in [7, 11) is 0. The van der Waals surface area contributed by atoms with Crippen LogP contribution in [-0.2, 0) is 17.8 Å². The second kappa shape index (κ2) is 9.82. The summed E-state index contributed by atoms with van der Waals surface area (Å²) in [6.07, 6.45) is 0.986. The highest BCUT2D eigenvalue weighted by Gasteiger charge is 2.10. The SMILES string of the molecule is CCc1ccc(OCc2nc(SCC(=O)Nc3cc(Cl)ccc3Cl)n[nH]2)cc1. The number of anilines is 1. The van der Waals surface area contributed by atoms with Crippen molar-refractivity contribution >= 4 is 46.6 Å². The number of nitrogens with zero attached hydrogens (tertiary/aromatic N) is 2. The van der Waals surface area contributed by atoms with Crippen LogP contribution in [-0.4, -0.2) is 26.8 Å². The predicted molar refractivity (Wildman–Crippen MR) is 112 cm³/mol. The van der Waals surface area contributed by atoms with Crippen molar-refractivity contribution in [2.24, 2.45) is 0 Å². The zero-order valence-electron chi connectivity index (χ0n) is 15.0. The van der Waals surface area contributed by atoms with Gasteiger partial charge in [-0.15, -0.1) is 5.10 Å². The Balaban J connectivity index is 1.47. The number of hydrogen-bond donors (Lipinski definition) is 2. The Morgan fingerprint density at radius 2 is 2.00 bits per heavy atom. The molecule has 6 nitrogen and oxygen atoms in total. The Morgan fingerprint density at radius 1 is 1.21 bits per heavy atom. The van der Waals surface area contributed by atoms with Crippen molar-refractivity contribution in [3.63, 3.8) is 0 Å². The minimum Gasteiger partial charge on any atom is -0.486 e. The molecule has 3 rings (SSSR count). The minimum atomic E-state index is -0.229. The van der Waals surface area contributed by atoms with Crippen LogP contribution in [0.25, 0.3) is 0 Å². The van der Waals surface area contributed by atoms with Crippen LogP contribution in [0.15, 0.2) is 47.6 Å². The summed E-state index contributed by atoms with van der Waals surface area (Å²) in [5.74, 6) is 1.26. The van der Waals surface area contributed by atoms with Crippen molar-refractivity contribution in [2.75, 3.05) is 11.1 Å². The van der Waals surface area contributed by atoms with E-state index in [1.165, 1.54) is 17.3 Å². The van der Waals surface area contributed by atoms with Gasteiger partial charge in [-0.25, -0.2) is 4.98 Å². The van der Waals surface area contributed by atoms with E-state index in [4.69, 9.17) is 27.9 Å². The molecule has 2 aromatic carbocycles. The molecule has 1 aromatic heterocycles. The second-order valence-electron chi connectivity index (χ2n) is 5.81. The number of thioether (sulfide) groups is 1. The number of hydrogen-bond acceptors (Lipinski definition) is 5. The van der Waals surface area contributed by atoms with Crippen LogP contribution in [0.3, 0.4) is 0 Å². The molecule has 0 fully saturated rings. The zero-order chi connectivity index (χ0) is 19.9. The van der Waals surface area contributed by atoms with Gasteiger partial charge in [0.25, 0.3) is 0 Å². The highest BCUT2D eigenvalue weighted by atomic mass is 35.5. The highest BCUT2D eigenvalue weighted by Crippen LogP contribution is 2.25. The van der Waals surface area contributed by atoms with E-state index in [1.54, 1.807) is 18.2 Å². The summed E-state index contributed by atoms with van der Waals surface area (Å²) in [6.45, 7) is 2.37. The van der Waals surface area contributed by atoms with E-state index in [0.717, 1.165) is 12.2 Å². The van der Waals surface area contributed by atoms with Crippen LogP contribution in [0.4, 0.5) is 5.69 Å². The van der Waals surface area contributed by atoms with Gasteiger partial charge in [-0.2, -0.15) is 0 Å². The summed E-state index contributed by atoms with van der Waals surface area (Å²) in [4.78, 5) is 16.4. The van der Waals surface area contributed by atoms with E-state index in [9.17, 15) is 4.79 Å². The van der Waals surface area contributed by atoms with E-state index in [-0.39, 0.29) is 18.3 Å². The van der Waals surface area contributed by atoms with Gasteiger partial charge in [-0.1, -0.05) is 54.0 Å². The fourth-order valence-corrected chi connectivity index (χ4v) is 3.24. The molecule has 0 unspecified atom stereocenters. The molecule has 28 heavy (non-hydrogen) atoms. The molecule has 9 heteroatoms. The first-order valence-electron chi connectivity index (χ1n) is 8.54. The van der Waals surface area contributed by atoms with Crippen LogP contribution in [0.2, 0.25) is 10.0 Å². The maximum atomic E-state index is 12.1. The molecule has 0 aliphatic heterocycles. The monoisotopic (exact) mass is 436 g/mol. The number of aromatic nitrogens is 3. The number of rotatable bonds is 8. The molecular formula is C19H18Cl2N4O2S. The summed E-state index contributed by atoms with van der Waals surface area (Å²) < 4.78 is 5.68. The van der Waals surface area contributed by atoms with Crippen molar-refractivity contribution in [1.82, 2.24) is 15.2 Å². The zero-order valence-corrected chi connectivity index (χ0v) is 17.4. The molecule has 0 bridgehead atoms. The van der Waals surface area contributed by atoms with Crippen molar-refractivity contribution in [2.45, 2.75) is 25.1 Å². The Kier molecular flexibility index (Phi) is 7.19. The Labute approximate surface area is 177 Å². The van der Waals surface area contributed by atoms with Gasteiger partial charge in [0.2, 0.25) is 11.1 Å². The van der Waals surface area contributed by atoms with E-state index < -0.39 is 0 Å². The molecule has 0 atom stereocenters. The van der Waals surface area contributed by atoms with Crippen LogP contribution in [0.5, 0.6) is 5.75 Å². The average Bonchev–Trinajstić information content (AvgIpc) is 3.16. The Morgan fingerprint density at radius 3 is 2.75 bits per heavy atom. The second-order valence-corrected chi connectivity index (χ2v) is 7.60. The predicted octanol–water partition coefficient (Wildman–Crippen LogP) is 4.98. The number of carbonyl (C=O) groups is 1. The van der Waals surface area contributed by atoms with Gasteiger partial charge in [0.15, 0.2) is 5.82 Å². The maximum Gasteiger partial charge on any atom is 0.234 e. The Bertz CT molecular complexity index is 947. The van der Waals surface area contributed by atoms with E-state index in [1.807, 2.05) is 24.3 Å². The van der Waals surface area contributed by atoms with Gasteiger partial charge >= 0.3 is 0 Å². The number of nitrogens with one attached hydrogen (secondary N) is 2. The van der Waals surface area contributed by atoms with Gasteiger partial charge in [0, 0.05) is 5.02 Å². The lowest BCUT2D eigenvalue weighted by Crippen LogP contribution is -2.14. The van der Waals surface area contributed by atoms with Crippen LogP contribution in [0.1, 0.15) is 18.3 Å². The summed E-state index contributed by atoms with van der Waals surface area (Å²) >= 11 is 13.2. The summed E-state index contributed by atoms with van der Waals surface area (Å²) in [5.41, 5.74) is 1.72. The van der Waals surface area contributed by atoms with Crippen molar-refractivity contribution < 1.29 is 9.53 Å². The van der Waals surface area contributed by atoms with Crippen LogP contribution in [0, 0.1) is 0 Å². The maximum absolute atomic E-state index is 12.1. The molecule has 0 saturated heterocycles. The lowest BCUT2D eigenvalue weighted by Gasteiger charge is -2.06. The van der Waals surface area contributed by atoms with Crippen molar-refractivity contribution in [3.05, 3.63) is 63.9 Å². The first-order chi connectivity index (χ1) is 13.5. The fraction of sp³-hybridized carbons (Fsp3) is 0.211. The summed E-state index contributed by atoms with van der Waals surface area (Å²) in [5, 5.41) is 11.0. The number of benzene rings is 2.